The zero-order valence-electron chi connectivity index (χ0n) is 15.1. The van der Waals surface area contributed by atoms with Gasteiger partial charge in [0.15, 0.2) is 5.75 Å². The molecule has 28 heavy (non-hydrogen) atoms. The van der Waals surface area contributed by atoms with Crippen molar-refractivity contribution < 1.29 is 22.7 Å². The van der Waals surface area contributed by atoms with Gasteiger partial charge in [0.25, 0.3) is 0 Å². The Kier molecular flexibility index (Phi) is 4.79. The van der Waals surface area contributed by atoms with Gasteiger partial charge >= 0.3 is 6.18 Å². The Morgan fingerprint density at radius 2 is 1.75 bits per heavy atom. The molecule has 1 aromatic heterocycles. The summed E-state index contributed by atoms with van der Waals surface area (Å²) in [5.74, 6) is 0.611. The van der Waals surface area contributed by atoms with E-state index >= 15 is 0 Å². The standard InChI is InChI=1S/C22H20F3NO2/c23-22(24,25)16-8-4-7-15(13-16)19-20(27)18(28-21(19)26-17-10-11-17)12-9-14-5-2-1-3-6-14/h1-8,13,17,26-27H,9-12H2. The molecule has 0 bridgehead atoms. The van der Waals surface area contributed by atoms with Crippen LogP contribution in [0.15, 0.2) is 59.0 Å². The van der Waals surface area contributed by atoms with Crippen molar-refractivity contribution in [3.05, 3.63) is 71.5 Å². The number of furan rings is 1. The molecule has 1 saturated carbocycles. The predicted octanol–water partition coefficient (Wildman–Crippen LogP) is 6.03. The molecule has 1 aliphatic rings. The number of halogens is 3. The number of anilines is 1. The van der Waals surface area contributed by atoms with Crippen molar-refractivity contribution in [1.82, 2.24) is 0 Å². The fourth-order valence-electron chi connectivity index (χ4n) is 3.18. The number of alkyl halides is 3. The quantitative estimate of drug-likeness (QED) is 0.543. The Hall–Kier alpha value is -2.89. The fraction of sp³-hybridized carbons (Fsp3) is 0.273. The summed E-state index contributed by atoms with van der Waals surface area (Å²) in [6.07, 6.45) is -1.39. The third-order valence-corrected chi connectivity index (χ3v) is 4.83. The lowest BCUT2D eigenvalue weighted by Crippen LogP contribution is -2.05. The predicted molar refractivity (Wildman–Crippen MR) is 101 cm³/mol. The van der Waals surface area contributed by atoms with Crippen LogP contribution < -0.4 is 5.32 Å². The van der Waals surface area contributed by atoms with Crippen LogP contribution in [-0.2, 0) is 19.0 Å². The maximum atomic E-state index is 13.1. The average molecular weight is 387 g/mol. The normalized spacial score (nSPS) is 14.2. The molecule has 0 amide bonds. The summed E-state index contributed by atoms with van der Waals surface area (Å²) in [7, 11) is 0. The minimum atomic E-state index is -4.45. The van der Waals surface area contributed by atoms with E-state index in [1.807, 2.05) is 30.3 Å². The van der Waals surface area contributed by atoms with Gasteiger partial charge in [0.1, 0.15) is 5.76 Å². The van der Waals surface area contributed by atoms with Gasteiger partial charge in [-0.2, -0.15) is 13.2 Å². The molecule has 3 nitrogen and oxygen atoms in total. The molecular weight excluding hydrogens is 367 g/mol. The van der Waals surface area contributed by atoms with E-state index < -0.39 is 11.7 Å². The monoisotopic (exact) mass is 387 g/mol. The minimum absolute atomic E-state index is 0.0987. The van der Waals surface area contributed by atoms with Crippen molar-refractivity contribution in [3.8, 4) is 16.9 Å². The zero-order valence-corrected chi connectivity index (χ0v) is 15.1. The highest BCUT2D eigenvalue weighted by Gasteiger charge is 2.32. The van der Waals surface area contributed by atoms with Gasteiger partial charge in [0, 0.05) is 12.5 Å². The summed E-state index contributed by atoms with van der Waals surface area (Å²) in [5, 5.41) is 13.9. The van der Waals surface area contributed by atoms with Crippen LogP contribution in [0.3, 0.4) is 0 Å². The molecule has 1 fully saturated rings. The topological polar surface area (TPSA) is 45.4 Å². The lowest BCUT2D eigenvalue weighted by atomic mass is 10.0. The summed E-state index contributed by atoms with van der Waals surface area (Å²) in [5.41, 5.74) is 0.913. The van der Waals surface area contributed by atoms with E-state index in [0.29, 0.717) is 30.0 Å². The van der Waals surface area contributed by atoms with Crippen molar-refractivity contribution in [2.24, 2.45) is 0 Å². The second-order valence-electron chi connectivity index (χ2n) is 7.06. The molecule has 0 saturated heterocycles. The van der Waals surface area contributed by atoms with Crippen LogP contribution in [0.1, 0.15) is 29.7 Å². The largest absolute Gasteiger partial charge is 0.504 e. The number of hydrogen-bond donors (Lipinski definition) is 2. The van der Waals surface area contributed by atoms with E-state index in [2.05, 4.69) is 5.32 Å². The van der Waals surface area contributed by atoms with Gasteiger partial charge < -0.3 is 14.8 Å². The van der Waals surface area contributed by atoms with E-state index in [-0.39, 0.29) is 17.4 Å². The fourth-order valence-corrected chi connectivity index (χ4v) is 3.18. The van der Waals surface area contributed by atoms with Crippen molar-refractivity contribution in [3.63, 3.8) is 0 Å². The van der Waals surface area contributed by atoms with Crippen molar-refractivity contribution in [2.45, 2.75) is 37.9 Å². The Balaban J connectivity index is 1.68. The molecule has 0 aliphatic heterocycles. The molecular formula is C22H20F3NO2. The first-order valence-corrected chi connectivity index (χ1v) is 9.24. The Bertz CT molecular complexity index is 960. The number of aromatic hydroxyl groups is 1. The first-order chi connectivity index (χ1) is 13.4. The van der Waals surface area contributed by atoms with E-state index in [9.17, 15) is 18.3 Å². The maximum Gasteiger partial charge on any atom is 0.416 e. The summed E-state index contributed by atoms with van der Waals surface area (Å²) < 4.78 is 45.2. The molecule has 1 heterocycles. The zero-order chi connectivity index (χ0) is 19.7. The average Bonchev–Trinajstić information content (AvgIpc) is 3.43. The summed E-state index contributed by atoms with van der Waals surface area (Å²) in [6.45, 7) is 0. The van der Waals surface area contributed by atoms with E-state index in [0.717, 1.165) is 30.5 Å². The lowest BCUT2D eigenvalue weighted by Gasteiger charge is -2.09. The highest BCUT2D eigenvalue weighted by atomic mass is 19.4. The molecule has 0 spiro atoms. The first kappa shape index (κ1) is 18.5. The van der Waals surface area contributed by atoms with Crippen molar-refractivity contribution in [1.29, 1.82) is 0 Å². The van der Waals surface area contributed by atoms with Crippen LogP contribution in [0.4, 0.5) is 19.1 Å². The van der Waals surface area contributed by atoms with Crippen LogP contribution in [0.2, 0.25) is 0 Å². The van der Waals surface area contributed by atoms with Crippen LogP contribution in [0, 0.1) is 0 Å². The highest BCUT2D eigenvalue weighted by molar-refractivity contribution is 5.82. The SMILES string of the molecule is Oc1c(CCc2ccccc2)oc(NC2CC2)c1-c1cccc(C(F)(F)F)c1. The van der Waals surface area contributed by atoms with Crippen molar-refractivity contribution in [2.75, 3.05) is 5.32 Å². The van der Waals surface area contributed by atoms with Gasteiger partial charge in [0.05, 0.1) is 11.1 Å². The smallest absolute Gasteiger partial charge is 0.416 e. The molecule has 3 aromatic rings. The molecule has 4 rings (SSSR count). The number of aryl methyl sites for hydroxylation is 2. The maximum absolute atomic E-state index is 13.1. The number of benzene rings is 2. The number of nitrogens with one attached hydrogen (secondary N) is 1. The van der Waals surface area contributed by atoms with Gasteiger partial charge in [-0.3, -0.25) is 0 Å². The molecule has 2 N–H and O–H groups in total. The summed E-state index contributed by atoms with van der Waals surface area (Å²) in [4.78, 5) is 0. The minimum Gasteiger partial charge on any atom is -0.504 e. The summed E-state index contributed by atoms with van der Waals surface area (Å²) >= 11 is 0. The summed E-state index contributed by atoms with van der Waals surface area (Å²) in [6, 6.07) is 15.0. The Labute approximate surface area is 160 Å². The molecule has 0 unspecified atom stereocenters. The van der Waals surface area contributed by atoms with Crippen LogP contribution in [0.5, 0.6) is 5.75 Å². The van der Waals surface area contributed by atoms with Crippen LogP contribution >= 0.6 is 0 Å². The third kappa shape index (κ3) is 4.01. The molecule has 0 radical (unpaired) electrons. The Morgan fingerprint density at radius 1 is 1.00 bits per heavy atom. The van der Waals surface area contributed by atoms with Crippen molar-refractivity contribution >= 4 is 5.88 Å². The molecule has 2 aromatic carbocycles. The van der Waals surface area contributed by atoms with Crippen LogP contribution in [0.25, 0.3) is 11.1 Å². The second kappa shape index (κ2) is 7.26. The van der Waals surface area contributed by atoms with Gasteiger partial charge in [-0.05, 0) is 42.5 Å². The van der Waals surface area contributed by atoms with E-state index in [1.165, 1.54) is 6.07 Å². The first-order valence-electron chi connectivity index (χ1n) is 9.24. The number of rotatable bonds is 6. The molecule has 0 atom stereocenters. The third-order valence-electron chi connectivity index (χ3n) is 4.83. The molecule has 6 heteroatoms. The highest BCUT2D eigenvalue weighted by Crippen LogP contribution is 2.45. The van der Waals surface area contributed by atoms with E-state index in [4.69, 9.17) is 4.42 Å². The molecule has 1 aliphatic carbocycles. The van der Waals surface area contributed by atoms with Gasteiger partial charge in [-0.15, -0.1) is 0 Å². The van der Waals surface area contributed by atoms with Gasteiger partial charge in [-0.1, -0.05) is 42.5 Å². The molecule has 146 valence electrons. The lowest BCUT2D eigenvalue weighted by molar-refractivity contribution is -0.137. The van der Waals surface area contributed by atoms with Gasteiger partial charge in [-0.25, -0.2) is 0 Å². The second-order valence-corrected chi connectivity index (χ2v) is 7.06. The van der Waals surface area contributed by atoms with E-state index in [1.54, 1.807) is 6.07 Å². The van der Waals surface area contributed by atoms with Crippen LogP contribution in [-0.4, -0.2) is 11.1 Å². The number of hydrogen-bond acceptors (Lipinski definition) is 3. The Morgan fingerprint density at radius 3 is 2.43 bits per heavy atom. The van der Waals surface area contributed by atoms with Gasteiger partial charge in [0.2, 0.25) is 5.88 Å².